The minimum atomic E-state index is -4.27. The first-order chi connectivity index (χ1) is 19.6. The summed E-state index contributed by atoms with van der Waals surface area (Å²) < 4.78 is 42.8. The largest absolute Gasteiger partial charge is 0.744 e. The van der Waals surface area contributed by atoms with Crippen LogP contribution in [0.3, 0.4) is 0 Å². The summed E-state index contributed by atoms with van der Waals surface area (Å²) in [6.45, 7) is 3.21. The Kier molecular flexibility index (Phi) is 8.81. The molecule has 2 aromatic carbocycles. The molecule has 2 aliphatic rings. The van der Waals surface area contributed by atoms with Crippen molar-refractivity contribution in [1.29, 1.82) is 0 Å². The molecule has 1 unspecified atom stereocenters. The molecule has 2 aromatic heterocycles. The van der Waals surface area contributed by atoms with E-state index in [1.807, 2.05) is 56.0 Å². The predicted molar refractivity (Wildman–Crippen MR) is 161 cm³/mol. The minimum absolute atomic E-state index is 0.0718. The van der Waals surface area contributed by atoms with Crippen molar-refractivity contribution in [1.82, 2.24) is 4.57 Å². The summed E-state index contributed by atoms with van der Waals surface area (Å²) in [7, 11) is -0.207. The van der Waals surface area contributed by atoms with Crippen LogP contribution in [0.25, 0.3) is 11.1 Å². The first-order valence-corrected chi connectivity index (χ1v) is 16.2. The van der Waals surface area contributed by atoms with Crippen LogP contribution in [0.1, 0.15) is 24.1 Å². The second-order valence-electron chi connectivity index (χ2n) is 9.90. The molecular weight excluding hydrogens is 579 g/mol. The number of rotatable bonds is 4. The van der Waals surface area contributed by atoms with Crippen molar-refractivity contribution >= 4 is 50.0 Å². The van der Waals surface area contributed by atoms with Gasteiger partial charge in [0.25, 0.3) is 5.56 Å². The van der Waals surface area contributed by atoms with E-state index < -0.39 is 10.1 Å². The van der Waals surface area contributed by atoms with Gasteiger partial charge in [0.2, 0.25) is 5.69 Å². The molecule has 0 bridgehead atoms. The molecule has 1 fully saturated rings. The molecule has 0 amide bonds. The maximum absolute atomic E-state index is 13.6. The highest BCUT2D eigenvalue weighted by molar-refractivity contribution is 8.08. The lowest BCUT2D eigenvalue weighted by Crippen LogP contribution is -2.37. The molecule has 8 nitrogen and oxygen atoms in total. The Morgan fingerprint density at radius 1 is 1.10 bits per heavy atom. The second kappa shape index (κ2) is 12.3. The molecule has 4 heterocycles. The number of fused-ring (bicyclic) bond motifs is 1. The molecule has 11 heteroatoms. The van der Waals surface area contributed by atoms with Gasteiger partial charge in [0.05, 0.1) is 23.2 Å². The van der Waals surface area contributed by atoms with Crippen LogP contribution in [0.2, 0.25) is 0 Å². The highest BCUT2D eigenvalue weighted by Gasteiger charge is 2.25. The number of benzene rings is 2. The number of para-hydroxylation sites is 1. The summed E-state index contributed by atoms with van der Waals surface area (Å²) >= 11 is 3.25. The molecule has 41 heavy (non-hydrogen) atoms. The van der Waals surface area contributed by atoms with Crippen molar-refractivity contribution in [2.45, 2.75) is 42.2 Å². The van der Waals surface area contributed by atoms with Crippen LogP contribution in [0.15, 0.2) is 87.5 Å². The first-order valence-electron chi connectivity index (χ1n) is 13.2. The summed E-state index contributed by atoms with van der Waals surface area (Å²) in [5.41, 5.74) is 3.21. The molecule has 1 atom stereocenters. The van der Waals surface area contributed by atoms with E-state index in [1.165, 1.54) is 17.0 Å². The number of hydrogen-bond donors (Lipinski definition) is 0. The van der Waals surface area contributed by atoms with E-state index in [1.54, 1.807) is 35.2 Å². The van der Waals surface area contributed by atoms with Crippen molar-refractivity contribution < 1.29 is 22.3 Å². The van der Waals surface area contributed by atoms with Crippen LogP contribution in [-0.4, -0.2) is 37.3 Å². The fourth-order valence-corrected chi connectivity index (χ4v) is 7.53. The number of aryl methyl sites for hydroxylation is 2. The number of hydrogen-bond acceptors (Lipinski definition) is 8. The molecular formula is C30H31N3O5S3. The van der Waals surface area contributed by atoms with Crippen molar-refractivity contribution in [3.05, 3.63) is 104 Å². The van der Waals surface area contributed by atoms with E-state index in [2.05, 4.69) is 33.7 Å². The lowest BCUT2D eigenvalue weighted by molar-refractivity contribution is -0.673. The fraction of sp³-hybridized carbons (Fsp3) is 0.267. The quantitative estimate of drug-likeness (QED) is 0.259. The number of ether oxygens (including phenoxy) is 1. The molecule has 0 saturated carbocycles. The number of pyridine rings is 1. The van der Waals surface area contributed by atoms with Gasteiger partial charge in [0, 0.05) is 36.8 Å². The van der Waals surface area contributed by atoms with Gasteiger partial charge in [-0.25, -0.2) is 13.0 Å². The van der Waals surface area contributed by atoms with Crippen LogP contribution in [0, 0.1) is 6.92 Å². The molecule has 1 saturated heterocycles. The maximum Gasteiger partial charge on any atom is 0.271 e. The van der Waals surface area contributed by atoms with Crippen molar-refractivity contribution in [3.8, 4) is 0 Å². The van der Waals surface area contributed by atoms with Crippen LogP contribution in [-0.2, 0) is 28.4 Å². The number of anilines is 1. The van der Waals surface area contributed by atoms with Gasteiger partial charge in [-0.3, -0.25) is 9.36 Å². The Balaban J connectivity index is 0.000000259. The maximum atomic E-state index is 13.6. The summed E-state index contributed by atoms with van der Waals surface area (Å²) in [6, 6.07) is 20.2. The number of nitrogens with zero attached hydrogens (tertiary/aromatic N) is 3. The average Bonchev–Trinajstić information content (AvgIpc) is 3.65. The zero-order chi connectivity index (χ0) is 29.1. The topological polar surface area (TPSA) is 95.6 Å². The fourth-order valence-electron chi connectivity index (χ4n) is 4.65. The molecule has 6 rings (SSSR count). The lowest BCUT2D eigenvalue weighted by Gasteiger charge is -2.12. The Hall–Kier alpha value is -3.22. The molecule has 4 aromatic rings. The van der Waals surface area contributed by atoms with Gasteiger partial charge in [-0.15, -0.1) is 11.3 Å². The van der Waals surface area contributed by atoms with E-state index >= 15 is 0 Å². The van der Waals surface area contributed by atoms with Crippen LogP contribution in [0.5, 0.6) is 0 Å². The third kappa shape index (κ3) is 6.65. The smallest absolute Gasteiger partial charge is 0.271 e. The second-order valence-corrected chi connectivity index (χ2v) is 13.3. The summed E-state index contributed by atoms with van der Waals surface area (Å²) in [6.07, 6.45) is 6.31. The first kappa shape index (κ1) is 29.3. The van der Waals surface area contributed by atoms with E-state index in [0.717, 1.165) is 50.6 Å². The highest BCUT2D eigenvalue weighted by Crippen LogP contribution is 2.44. The van der Waals surface area contributed by atoms with Gasteiger partial charge in [-0.1, -0.05) is 41.6 Å². The summed E-state index contributed by atoms with van der Waals surface area (Å²) in [4.78, 5) is 16.7. The average molecular weight is 610 g/mol. The zero-order valence-electron chi connectivity index (χ0n) is 23.0. The van der Waals surface area contributed by atoms with Crippen LogP contribution < -0.4 is 24.2 Å². The van der Waals surface area contributed by atoms with Gasteiger partial charge in [-0.2, -0.15) is 0 Å². The predicted octanol–water partition coefficient (Wildman–Crippen LogP) is 2.95. The van der Waals surface area contributed by atoms with Gasteiger partial charge in [0.1, 0.15) is 31.4 Å². The standard InChI is InChI=1S/C23H24N3O2S2.C7H8O3S/c1-24-12-6-5-8-16(24)14-20-26(15-17-9-7-13-28-17)22(27)21(30-20)23-25(2)18-10-3-4-11-19(18)29-23;1-6-2-4-7(5-3-6)11(8,9)10/h3-6,8,10-12,14,17H,7,9,13,15H2,1-2H3;2-5H,1H3,(H,8,9,10)/q+1;/p-1/b23-21-;. The Morgan fingerprint density at radius 2 is 1.83 bits per heavy atom. The van der Waals surface area contributed by atoms with Crippen LogP contribution >= 0.6 is 23.1 Å². The molecule has 214 valence electrons. The number of thiazole rings is 1. The zero-order valence-corrected chi connectivity index (χ0v) is 25.5. The SMILES string of the molecule is CN1/C(=c2/s/c(=C/c3cccc[n+]3C)n(CC3CCCO3)c2=O)Sc2ccccc21.Cc1ccc(S(=O)(=O)[O-])cc1. The number of aromatic nitrogens is 2. The Labute approximate surface area is 247 Å². The van der Waals surface area contributed by atoms with Gasteiger partial charge in [0.15, 0.2) is 6.20 Å². The van der Waals surface area contributed by atoms with Crippen LogP contribution in [0.4, 0.5) is 5.69 Å². The number of thioether (sulfide) groups is 1. The van der Waals surface area contributed by atoms with Crippen molar-refractivity contribution in [3.63, 3.8) is 0 Å². The normalized spacial score (nSPS) is 18.3. The summed E-state index contributed by atoms with van der Waals surface area (Å²) in [5, 5.41) is 1.00. The minimum Gasteiger partial charge on any atom is -0.744 e. The van der Waals surface area contributed by atoms with E-state index in [-0.39, 0.29) is 16.6 Å². The third-order valence-corrected chi connectivity index (χ3v) is 10.3. The molecule has 0 aliphatic carbocycles. The molecule has 2 aliphatic heterocycles. The Bertz CT molecular complexity index is 1840. The third-order valence-electron chi connectivity index (χ3n) is 6.93. The van der Waals surface area contributed by atoms with E-state index in [9.17, 15) is 17.8 Å². The Morgan fingerprint density at radius 3 is 2.49 bits per heavy atom. The van der Waals surface area contributed by atoms with Gasteiger partial charge >= 0.3 is 0 Å². The van der Waals surface area contributed by atoms with E-state index in [0.29, 0.717) is 6.54 Å². The molecule has 0 radical (unpaired) electrons. The molecule has 0 N–H and O–H groups in total. The van der Waals surface area contributed by atoms with Gasteiger partial charge < -0.3 is 14.2 Å². The van der Waals surface area contributed by atoms with Crippen molar-refractivity contribution in [2.75, 3.05) is 18.6 Å². The molecule has 0 spiro atoms. The summed E-state index contributed by atoms with van der Waals surface area (Å²) in [5.74, 6) is 0. The van der Waals surface area contributed by atoms with Gasteiger partial charge in [-0.05, 0) is 50.1 Å². The monoisotopic (exact) mass is 609 g/mol. The lowest BCUT2D eigenvalue weighted by atomic mass is 10.2. The van der Waals surface area contributed by atoms with Crippen molar-refractivity contribution in [2.24, 2.45) is 7.05 Å². The highest BCUT2D eigenvalue weighted by atomic mass is 32.2. The van der Waals surface area contributed by atoms with E-state index in [4.69, 9.17) is 4.74 Å².